The summed E-state index contributed by atoms with van der Waals surface area (Å²) < 4.78 is 9.98. The Labute approximate surface area is 125 Å². The Kier molecular flexibility index (Phi) is 3.90. The van der Waals surface area contributed by atoms with Gasteiger partial charge in [0.1, 0.15) is 17.3 Å². The molecule has 22 heavy (non-hydrogen) atoms. The monoisotopic (exact) mass is 306 g/mol. The van der Waals surface area contributed by atoms with Crippen LogP contribution in [-0.4, -0.2) is 41.8 Å². The number of ketones is 3. The van der Waals surface area contributed by atoms with Gasteiger partial charge in [0.25, 0.3) is 0 Å². The van der Waals surface area contributed by atoms with E-state index < -0.39 is 35.3 Å². The number of Topliss-reactive ketones (excluding diaryl/α,β-unsaturated/α-hetero) is 3. The Balaban J connectivity index is 2.86. The number of rotatable bonds is 4. The van der Waals surface area contributed by atoms with Gasteiger partial charge in [0, 0.05) is 12.5 Å². The zero-order valence-corrected chi connectivity index (χ0v) is 12.2. The van der Waals surface area contributed by atoms with Gasteiger partial charge in [-0.05, 0) is 6.92 Å². The molecule has 1 aliphatic rings. The fourth-order valence-corrected chi connectivity index (χ4v) is 2.32. The van der Waals surface area contributed by atoms with Crippen LogP contribution in [-0.2, 0) is 9.59 Å². The molecule has 0 aliphatic heterocycles. The summed E-state index contributed by atoms with van der Waals surface area (Å²) in [7, 11) is 2.56. The number of carbonyl (C=O) groups is 3. The summed E-state index contributed by atoms with van der Waals surface area (Å²) >= 11 is 0. The van der Waals surface area contributed by atoms with Crippen LogP contribution in [0, 0.1) is 0 Å². The molecular weight excluding hydrogens is 292 g/mol. The molecule has 0 saturated heterocycles. The number of aliphatic hydroxyl groups is 1. The van der Waals surface area contributed by atoms with E-state index in [0.29, 0.717) is 0 Å². The molecule has 0 atom stereocenters. The predicted molar refractivity (Wildman–Crippen MR) is 75.4 cm³/mol. The zero-order chi connectivity index (χ0) is 16.6. The minimum atomic E-state index is -0.997. The molecule has 0 amide bonds. The maximum atomic E-state index is 12.2. The van der Waals surface area contributed by atoms with E-state index in [2.05, 4.69) is 0 Å². The number of hydrogen-bond donors (Lipinski definition) is 2. The standard InChI is InChI=1S/C15H14O7/c1-6(16)4-7-12(17)11-10(15(20)13(7)18)8(21-2)5-9(22-3)14(11)19/h5,17,19H,4H2,1-3H3. The van der Waals surface area contributed by atoms with E-state index in [1.165, 1.54) is 27.2 Å². The van der Waals surface area contributed by atoms with Crippen LogP contribution in [0.3, 0.4) is 0 Å². The third-order valence-electron chi connectivity index (χ3n) is 3.32. The number of fused-ring (bicyclic) bond motifs is 1. The molecule has 0 radical (unpaired) electrons. The van der Waals surface area contributed by atoms with Crippen LogP contribution in [0.5, 0.6) is 17.2 Å². The normalized spacial score (nSPS) is 14.0. The Morgan fingerprint density at radius 2 is 1.64 bits per heavy atom. The number of hydrogen-bond acceptors (Lipinski definition) is 7. The van der Waals surface area contributed by atoms with Crippen molar-refractivity contribution in [2.24, 2.45) is 0 Å². The number of allylic oxidation sites excluding steroid dienone is 1. The van der Waals surface area contributed by atoms with Gasteiger partial charge >= 0.3 is 0 Å². The van der Waals surface area contributed by atoms with E-state index in [9.17, 15) is 24.6 Å². The average molecular weight is 306 g/mol. The number of phenolic OH excluding ortho intramolecular Hbond substituents is 1. The average Bonchev–Trinajstić information content (AvgIpc) is 2.48. The van der Waals surface area contributed by atoms with Gasteiger partial charge in [-0.15, -0.1) is 0 Å². The van der Waals surface area contributed by atoms with E-state index in [4.69, 9.17) is 9.47 Å². The molecule has 0 fully saturated rings. The molecule has 0 saturated carbocycles. The quantitative estimate of drug-likeness (QED) is 0.809. The van der Waals surface area contributed by atoms with Crippen molar-refractivity contribution in [3.05, 3.63) is 22.8 Å². The van der Waals surface area contributed by atoms with Crippen LogP contribution in [0.2, 0.25) is 0 Å². The highest BCUT2D eigenvalue weighted by Gasteiger charge is 2.38. The minimum absolute atomic E-state index is 0.0172. The zero-order valence-electron chi connectivity index (χ0n) is 12.2. The molecule has 1 aliphatic carbocycles. The van der Waals surface area contributed by atoms with Gasteiger partial charge in [-0.3, -0.25) is 14.4 Å². The lowest BCUT2D eigenvalue weighted by Gasteiger charge is -2.21. The first kappa shape index (κ1) is 15.6. The predicted octanol–water partition coefficient (Wildman–Crippen LogP) is 1.42. The van der Waals surface area contributed by atoms with Crippen molar-refractivity contribution in [1.29, 1.82) is 0 Å². The van der Waals surface area contributed by atoms with Crippen LogP contribution >= 0.6 is 0 Å². The number of carbonyl (C=O) groups excluding carboxylic acids is 3. The van der Waals surface area contributed by atoms with Crippen molar-refractivity contribution in [3.8, 4) is 17.2 Å². The fraction of sp³-hybridized carbons (Fsp3) is 0.267. The van der Waals surface area contributed by atoms with Crippen LogP contribution in [0.25, 0.3) is 5.76 Å². The first-order valence-electron chi connectivity index (χ1n) is 6.32. The van der Waals surface area contributed by atoms with Gasteiger partial charge < -0.3 is 19.7 Å². The molecule has 2 N–H and O–H groups in total. The largest absolute Gasteiger partial charge is 0.507 e. The maximum Gasteiger partial charge on any atom is 0.237 e. The summed E-state index contributed by atoms with van der Waals surface area (Å²) in [6, 6.07) is 1.24. The number of phenols is 1. The molecular formula is C15H14O7. The molecule has 116 valence electrons. The lowest BCUT2D eigenvalue weighted by molar-refractivity contribution is -0.118. The maximum absolute atomic E-state index is 12.2. The first-order chi connectivity index (χ1) is 10.3. The van der Waals surface area contributed by atoms with Crippen LogP contribution < -0.4 is 9.47 Å². The van der Waals surface area contributed by atoms with Gasteiger partial charge in [0.2, 0.25) is 11.6 Å². The molecule has 1 aromatic carbocycles. The molecule has 2 rings (SSSR count). The highest BCUT2D eigenvalue weighted by atomic mass is 16.5. The summed E-state index contributed by atoms with van der Waals surface area (Å²) in [4.78, 5) is 35.6. The lowest BCUT2D eigenvalue weighted by atomic mass is 9.85. The summed E-state index contributed by atoms with van der Waals surface area (Å²) in [5.41, 5.74) is -0.872. The van der Waals surface area contributed by atoms with Crippen molar-refractivity contribution in [2.45, 2.75) is 13.3 Å². The number of methoxy groups -OCH3 is 2. The van der Waals surface area contributed by atoms with E-state index >= 15 is 0 Å². The van der Waals surface area contributed by atoms with Crippen molar-refractivity contribution < 1.29 is 34.1 Å². The fourth-order valence-electron chi connectivity index (χ4n) is 2.32. The second-order valence-electron chi connectivity index (χ2n) is 4.74. The molecule has 7 heteroatoms. The molecule has 0 unspecified atom stereocenters. The third-order valence-corrected chi connectivity index (χ3v) is 3.32. The van der Waals surface area contributed by atoms with Crippen LogP contribution in [0.1, 0.15) is 29.3 Å². The van der Waals surface area contributed by atoms with Crippen molar-refractivity contribution >= 4 is 23.1 Å². The van der Waals surface area contributed by atoms with Crippen LogP contribution in [0.15, 0.2) is 11.6 Å². The van der Waals surface area contributed by atoms with E-state index in [0.717, 1.165) is 0 Å². The second-order valence-corrected chi connectivity index (χ2v) is 4.74. The summed E-state index contributed by atoms with van der Waals surface area (Å²) in [6.45, 7) is 1.22. The summed E-state index contributed by atoms with van der Waals surface area (Å²) in [6.07, 6.45) is -0.408. The Bertz CT molecular complexity index is 728. The highest BCUT2D eigenvalue weighted by Crippen LogP contribution is 2.45. The topological polar surface area (TPSA) is 110 Å². The van der Waals surface area contributed by atoms with Gasteiger partial charge in [-0.2, -0.15) is 0 Å². The number of aromatic hydroxyl groups is 1. The second kappa shape index (κ2) is 5.51. The third kappa shape index (κ3) is 2.20. The van der Waals surface area contributed by atoms with Crippen molar-refractivity contribution in [3.63, 3.8) is 0 Å². The molecule has 0 aromatic heterocycles. The number of ether oxygens (including phenoxy) is 2. The molecule has 0 spiro atoms. The first-order valence-corrected chi connectivity index (χ1v) is 6.32. The molecule has 0 heterocycles. The lowest BCUT2D eigenvalue weighted by Crippen LogP contribution is -2.26. The van der Waals surface area contributed by atoms with Crippen molar-refractivity contribution in [2.75, 3.05) is 14.2 Å². The van der Waals surface area contributed by atoms with Crippen LogP contribution in [0.4, 0.5) is 0 Å². The Hall–Kier alpha value is -2.83. The van der Waals surface area contributed by atoms with E-state index in [1.807, 2.05) is 0 Å². The van der Waals surface area contributed by atoms with Gasteiger partial charge in [-0.1, -0.05) is 0 Å². The van der Waals surface area contributed by atoms with Gasteiger partial charge in [-0.25, -0.2) is 0 Å². The molecule has 7 nitrogen and oxygen atoms in total. The SMILES string of the molecule is COc1cc(OC)c2c(c1O)C(O)=C(CC(C)=O)C(=O)C2=O. The molecule has 0 bridgehead atoms. The molecule has 1 aromatic rings. The van der Waals surface area contributed by atoms with E-state index in [1.54, 1.807) is 0 Å². The van der Waals surface area contributed by atoms with Gasteiger partial charge in [0.05, 0.1) is 30.9 Å². The number of aliphatic hydroxyl groups excluding tert-OH is 1. The van der Waals surface area contributed by atoms with Gasteiger partial charge in [0.15, 0.2) is 11.5 Å². The minimum Gasteiger partial charge on any atom is -0.507 e. The smallest absolute Gasteiger partial charge is 0.237 e. The summed E-state index contributed by atoms with van der Waals surface area (Å²) in [5.74, 6) is -3.53. The number of benzene rings is 1. The highest BCUT2D eigenvalue weighted by molar-refractivity contribution is 6.53. The van der Waals surface area contributed by atoms with Crippen molar-refractivity contribution in [1.82, 2.24) is 0 Å². The van der Waals surface area contributed by atoms with E-state index in [-0.39, 0.29) is 28.2 Å². The Morgan fingerprint density at radius 1 is 1.05 bits per heavy atom. The Morgan fingerprint density at radius 3 is 2.14 bits per heavy atom. The summed E-state index contributed by atoms with van der Waals surface area (Å²) in [5, 5.41) is 20.4.